The van der Waals surface area contributed by atoms with E-state index in [1.807, 2.05) is 24.3 Å². The molecule has 1 amide bonds. The number of benzene rings is 2. The normalized spacial score (nSPS) is 10.6. The molecule has 0 aliphatic carbocycles. The van der Waals surface area contributed by atoms with E-state index in [0.717, 1.165) is 10.0 Å². The Morgan fingerprint density at radius 3 is 2.48 bits per heavy atom. The number of ether oxygens (including phenoxy) is 1. The molecule has 140 valence electrons. The molecule has 2 N–H and O–H groups in total. The van der Waals surface area contributed by atoms with E-state index in [2.05, 4.69) is 26.5 Å². The fourth-order valence-corrected chi connectivity index (χ4v) is 2.34. The van der Waals surface area contributed by atoms with E-state index in [1.165, 1.54) is 18.3 Å². The maximum absolute atomic E-state index is 12.3. The van der Waals surface area contributed by atoms with Crippen LogP contribution in [0.15, 0.2) is 58.1 Å². The van der Waals surface area contributed by atoms with Gasteiger partial charge in [-0.15, -0.1) is 0 Å². The smallest absolute Gasteiger partial charge is 0.311 e. The van der Waals surface area contributed by atoms with Gasteiger partial charge in [0.1, 0.15) is 5.75 Å². The van der Waals surface area contributed by atoms with Crippen LogP contribution < -0.4 is 10.2 Å². The van der Waals surface area contributed by atoms with E-state index < -0.39 is 17.8 Å². The van der Waals surface area contributed by atoms with E-state index in [-0.39, 0.29) is 30.6 Å². The topological polar surface area (TPSA) is 105 Å². The number of nitrogens with one attached hydrogen (secondary N) is 1. The number of hydrogen-bond donors (Lipinski definition) is 2. The number of halogens is 1. The predicted octanol–water partition coefficient (Wildman–Crippen LogP) is 3.37. The molecule has 0 atom stereocenters. The molecular weight excluding hydrogens is 416 g/mol. The average molecular weight is 433 g/mol. The highest BCUT2D eigenvalue weighted by Gasteiger charge is 2.14. The van der Waals surface area contributed by atoms with Crippen LogP contribution in [0.2, 0.25) is 0 Å². The van der Waals surface area contributed by atoms with Gasteiger partial charge >= 0.3 is 11.9 Å². The molecule has 0 radical (unpaired) electrons. The number of carboxylic acid groups (broad SMARTS) is 1. The van der Waals surface area contributed by atoms with Crippen LogP contribution in [0.25, 0.3) is 0 Å². The summed E-state index contributed by atoms with van der Waals surface area (Å²) in [7, 11) is 0. The maximum Gasteiger partial charge on any atom is 0.311 e. The monoisotopic (exact) mass is 432 g/mol. The molecule has 0 aliphatic heterocycles. The Morgan fingerprint density at radius 1 is 1.07 bits per heavy atom. The first kappa shape index (κ1) is 20.3. The molecule has 0 saturated heterocycles. The number of rotatable bonds is 8. The Balaban J connectivity index is 1.97. The van der Waals surface area contributed by atoms with Gasteiger partial charge in [0.2, 0.25) is 0 Å². The van der Waals surface area contributed by atoms with Gasteiger partial charge in [0.05, 0.1) is 11.8 Å². The zero-order valence-corrected chi connectivity index (χ0v) is 15.8. The third-order valence-electron chi connectivity index (χ3n) is 3.38. The van der Waals surface area contributed by atoms with Crippen molar-refractivity contribution in [2.75, 3.05) is 0 Å². The number of hydrazone groups is 1. The molecule has 8 heteroatoms. The fourth-order valence-electron chi connectivity index (χ4n) is 2.08. The Bertz CT molecular complexity index is 849. The highest BCUT2D eigenvalue weighted by molar-refractivity contribution is 9.10. The van der Waals surface area contributed by atoms with Gasteiger partial charge in [-0.05, 0) is 36.2 Å². The van der Waals surface area contributed by atoms with Crippen LogP contribution in [-0.2, 0) is 9.59 Å². The Morgan fingerprint density at radius 2 is 1.78 bits per heavy atom. The van der Waals surface area contributed by atoms with E-state index in [9.17, 15) is 14.4 Å². The van der Waals surface area contributed by atoms with Crippen LogP contribution in [-0.4, -0.2) is 29.2 Å². The number of carboxylic acids is 1. The second-order valence-corrected chi connectivity index (χ2v) is 6.38. The molecule has 0 unspecified atom stereocenters. The highest BCUT2D eigenvalue weighted by Crippen LogP contribution is 2.19. The van der Waals surface area contributed by atoms with Crippen molar-refractivity contribution < 1.29 is 24.2 Å². The number of hydrogen-bond acceptors (Lipinski definition) is 5. The number of esters is 1. The third kappa shape index (κ3) is 7.02. The summed E-state index contributed by atoms with van der Waals surface area (Å²) in [5, 5.41) is 12.5. The fraction of sp³-hybridized carbons (Fsp3) is 0.158. The van der Waals surface area contributed by atoms with Crippen molar-refractivity contribution in [3.05, 3.63) is 64.1 Å². The highest BCUT2D eigenvalue weighted by atomic mass is 79.9. The molecule has 0 fully saturated rings. The summed E-state index contributed by atoms with van der Waals surface area (Å²) < 4.78 is 6.11. The van der Waals surface area contributed by atoms with Gasteiger partial charge in [0, 0.05) is 17.3 Å². The number of carbonyl (C=O) groups excluding carboxylic acids is 2. The number of aliphatic carboxylic acids is 1. The van der Waals surface area contributed by atoms with Crippen molar-refractivity contribution in [1.82, 2.24) is 5.43 Å². The summed E-state index contributed by atoms with van der Waals surface area (Å²) in [5.74, 6) is -2.02. The van der Waals surface area contributed by atoms with Crippen LogP contribution >= 0.6 is 15.9 Å². The third-order valence-corrected chi connectivity index (χ3v) is 3.91. The number of para-hydroxylation sites is 1. The molecule has 0 aromatic heterocycles. The summed E-state index contributed by atoms with van der Waals surface area (Å²) in [6.07, 6.45) is 1.48. The lowest BCUT2D eigenvalue weighted by molar-refractivity contribution is -0.137. The average Bonchev–Trinajstić information content (AvgIpc) is 2.63. The summed E-state index contributed by atoms with van der Waals surface area (Å²) in [4.78, 5) is 34.6. The summed E-state index contributed by atoms with van der Waals surface area (Å²) in [6, 6.07) is 13.6. The lowest BCUT2D eigenvalue weighted by Gasteiger charge is -2.08. The van der Waals surface area contributed by atoms with Crippen LogP contribution in [0.4, 0.5) is 0 Å². The van der Waals surface area contributed by atoms with Gasteiger partial charge in [-0.1, -0.05) is 40.2 Å². The minimum atomic E-state index is -0.980. The van der Waals surface area contributed by atoms with Crippen LogP contribution in [0.3, 0.4) is 0 Å². The van der Waals surface area contributed by atoms with E-state index in [4.69, 9.17) is 9.84 Å². The first-order chi connectivity index (χ1) is 13.0. The van der Waals surface area contributed by atoms with Gasteiger partial charge < -0.3 is 9.84 Å². The summed E-state index contributed by atoms with van der Waals surface area (Å²) in [5.41, 5.74) is 3.34. The molecule has 0 bridgehead atoms. The van der Waals surface area contributed by atoms with Crippen molar-refractivity contribution in [1.29, 1.82) is 0 Å². The SMILES string of the molecule is O=C(O)CCCC(=O)Oc1ccccc1C(=O)N/N=C\c1ccc(Br)cc1. The lowest BCUT2D eigenvalue weighted by Crippen LogP contribution is -2.20. The quantitative estimate of drug-likeness (QED) is 0.288. The second-order valence-electron chi connectivity index (χ2n) is 5.47. The molecule has 0 saturated carbocycles. The Kier molecular flexibility index (Phi) is 7.69. The molecule has 27 heavy (non-hydrogen) atoms. The number of amides is 1. The first-order valence-corrected chi connectivity index (χ1v) is 8.85. The molecular formula is C19H17BrN2O5. The van der Waals surface area contributed by atoms with Gasteiger partial charge in [0.15, 0.2) is 0 Å². The molecule has 0 heterocycles. The standard InChI is InChI=1S/C19H17BrN2O5/c20-14-10-8-13(9-11-14)12-21-22-19(26)15-4-1-2-5-16(15)27-18(25)7-3-6-17(23)24/h1-2,4-5,8-12H,3,6-7H2,(H,22,26)(H,23,24)/b21-12-. The van der Waals surface area contributed by atoms with Crippen molar-refractivity contribution >= 4 is 40.0 Å². The van der Waals surface area contributed by atoms with Crippen LogP contribution in [0.1, 0.15) is 35.2 Å². The zero-order valence-electron chi connectivity index (χ0n) is 14.2. The molecule has 2 rings (SSSR count). The lowest BCUT2D eigenvalue weighted by atomic mass is 10.2. The summed E-state index contributed by atoms with van der Waals surface area (Å²) >= 11 is 3.33. The van der Waals surface area contributed by atoms with Gasteiger partial charge in [-0.3, -0.25) is 14.4 Å². The summed E-state index contributed by atoms with van der Waals surface area (Å²) in [6.45, 7) is 0. The number of carbonyl (C=O) groups is 3. The van der Waals surface area contributed by atoms with E-state index in [0.29, 0.717) is 0 Å². The van der Waals surface area contributed by atoms with Gasteiger partial charge in [-0.25, -0.2) is 5.43 Å². The maximum atomic E-state index is 12.3. The predicted molar refractivity (Wildman–Crippen MR) is 103 cm³/mol. The number of nitrogens with zero attached hydrogens (tertiary/aromatic N) is 1. The van der Waals surface area contributed by atoms with Crippen LogP contribution in [0.5, 0.6) is 5.75 Å². The van der Waals surface area contributed by atoms with E-state index in [1.54, 1.807) is 12.1 Å². The molecule has 7 nitrogen and oxygen atoms in total. The first-order valence-electron chi connectivity index (χ1n) is 8.06. The van der Waals surface area contributed by atoms with Crippen molar-refractivity contribution in [2.24, 2.45) is 5.10 Å². The second kappa shape index (κ2) is 10.2. The van der Waals surface area contributed by atoms with Crippen LogP contribution in [0, 0.1) is 0 Å². The van der Waals surface area contributed by atoms with Crippen molar-refractivity contribution in [3.63, 3.8) is 0 Å². The molecule has 2 aromatic rings. The van der Waals surface area contributed by atoms with E-state index >= 15 is 0 Å². The minimum Gasteiger partial charge on any atom is -0.481 e. The Hall–Kier alpha value is -3.00. The molecule has 2 aromatic carbocycles. The zero-order chi connectivity index (χ0) is 19.6. The minimum absolute atomic E-state index is 0.0516. The molecule has 0 spiro atoms. The largest absolute Gasteiger partial charge is 0.481 e. The molecule has 0 aliphatic rings. The van der Waals surface area contributed by atoms with Gasteiger partial charge in [0.25, 0.3) is 5.91 Å². The van der Waals surface area contributed by atoms with Crippen molar-refractivity contribution in [2.45, 2.75) is 19.3 Å². The van der Waals surface area contributed by atoms with Crippen molar-refractivity contribution in [3.8, 4) is 5.75 Å². The Labute approximate surface area is 164 Å². The van der Waals surface area contributed by atoms with Gasteiger partial charge in [-0.2, -0.15) is 5.10 Å².